The molecule has 1 aromatic rings. The number of nitrogens with zero attached hydrogens (tertiary/aromatic N) is 1. The number of halogens is 3. The van der Waals surface area contributed by atoms with Crippen molar-refractivity contribution in [2.24, 2.45) is 0 Å². The van der Waals surface area contributed by atoms with E-state index in [2.05, 4.69) is 0 Å². The number of rotatable bonds is 3. The van der Waals surface area contributed by atoms with Gasteiger partial charge in [0.2, 0.25) is 0 Å². The van der Waals surface area contributed by atoms with Gasteiger partial charge in [-0.3, -0.25) is 4.79 Å². The summed E-state index contributed by atoms with van der Waals surface area (Å²) in [4.78, 5) is 13.4. The van der Waals surface area contributed by atoms with Crippen LogP contribution in [0.4, 0.5) is 13.2 Å². The standard InChI is InChI=1S/C13H14F3NO2/c14-13(15,16)10-3-5-11(6-4-10)19-9-12(18)17-7-1-2-8-17/h3-6H,1-2,7-9H2. The van der Waals surface area contributed by atoms with Crippen molar-refractivity contribution in [3.8, 4) is 5.75 Å². The second-order valence-electron chi connectivity index (χ2n) is 4.40. The van der Waals surface area contributed by atoms with Crippen molar-refractivity contribution in [3.63, 3.8) is 0 Å². The van der Waals surface area contributed by atoms with E-state index >= 15 is 0 Å². The molecule has 0 N–H and O–H groups in total. The summed E-state index contributed by atoms with van der Waals surface area (Å²) >= 11 is 0. The van der Waals surface area contributed by atoms with E-state index in [1.807, 2.05) is 0 Å². The lowest BCUT2D eigenvalue weighted by Gasteiger charge is -2.15. The minimum atomic E-state index is -4.36. The van der Waals surface area contributed by atoms with Gasteiger partial charge in [0.05, 0.1) is 5.56 Å². The highest BCUT2D eigenvalue weighted by Crippen LogP contribution is 2.30. The predicted octanol–water partition coefficient (Wildman–Crippen LogP) is 2.71. The summed E-state index contributed by atoms with van der Waals surface area (Å²) in [5.74, 6) is 0.137. The van der Waals surface area contributed by atoms with E-state index in [1.165, 1.54) is 12.1 Å². The van der Waals surface area contributed by atoms with E-state index in [0.29, 0.717) is 0 Å². The fraction of sp³-hybridized carbons (Fsp3) is 0.462. The summed E-state index contributed by atoms with van der Waals surface area (Å²) in [5.41, 5.74) is -0.731. The highest BCUT2D eigenvalue weighted by molar-refractivity contribution is 5.78. The molecule has 0 aliphatic carbocycles. The van der Waals surface area contributed by atoms with Crippen LogP contribution in [0.25, 0.3) is 0 Å². The Hall–Kier alpha value is -1.72. The third kappa shape index (κ3) is 3.62. The van der Waals surface area contributed by atoms with Crippen LogP contribution in [0.2, 0.25) is 0 Å². The highest BCUT2D eigenvalue weighted by Gasteiger charge is 2.30. The minimum absolute atomic E-state index is 0.127. The maximum Gasteiger partial charge on any atom is 0.416 e. The lowest BCUT2D eigenvalue weighted by Crippen LogP contribution is -2.32. The van der Waals surface area contributed by atoms with Crippen LogP contribution in [-0.4, -0.2) is 30.5 Å². The van der Waals surface area contributed by atoms with E-state index in [1.54, 1.807) is 4.90 Å². The van der Waals surface area contributed by atoms with Gasteiger partial charge in [0.15, 0.2) is 6.61 Å². The topological polar surface area (TPSA) is 29.5 Å². The molecule has 1 aliphatic heterocycles. The molecule has 1 saturated heterocycles. The quantitative estimate of drug-likeness (QED) is 0.847. The van der Waals surface area contributed by atoms with Crippen molar-refractivity contribution < 1.29 is 22.7 Å². The van der Waals surface area contributed by atoms with Crippen LogP contribution >= 0.6 is 0 Å². The molecule has 0 bridgehead atoms. The Kier molecular flexibility index (Phi) is 3.97. The second kappa shape index (κ2) is 5.50. The zero-order valence-electron chi connectivity index (χ0n) is 10.2. The number of ether oxygens (including phenoxy) is 1. The Morgan fingerprint density at radius 1 is 1.16 bits per heavy atom. The molecule has 1 amide bonds. The number of benzene rings is 1. The average Bonchev–Trinajstić information content (AvgIpc) is 2.89. The molecule has 0 aromatic heterocycles. The number of hydrogen-bond donors (Lipinski definition) is 0. The zero-order valence-corrected chi connectivity index (χ0v) is 10.2. The molecule has 2 rings (SSSR count). The molecule has 1 aromatic carbocycles. The molecule has 0 saturated carbocycles. The lowest BCUT2D eigenvalue weighted by molar-refractivity contribution is -0.137. The number of carbonyl (C=O) groups is 1. The maximum absolute atomic E-state index is 12.3. The molecule has 0 radical (unpaired) electrons. The summed E-state index contributed by atoms with van der Waals surface area (Å²) in [6.45, 7) is 1.33. The first-order chi connectivity index (χ1) is 8.97. The smallest absolute Gasteiger partial charge is 0.416 e. The molecule has 1 aliphatic rings. The van der Waals surface area contributed by atoms with E-state index in [9.17, 15) is 18.0 Å². The Bertz CT molecular complexity index is 436. The molecular weight excluding hydrogens is 259 g/mol. The Morgan fingerprint density at radius 2 is 1.74 bits per heavy atom. The molecule has 0 atom stereocenters. The molecular formula is C13H14F3NO2. The highest BCUT2D eigenvalue weighted by atomic mass is 19.4. The molecule has 19 heavy (non-hydrogen) atoms. The molecule has 0 unspecified atom stereocenters. The average molecular weight is 273 g/mol. The predicted molar refractivity (Wildman–Crippen MR) is 62.8 cm³/mol. The second-order valence-corrected chi connectivity index (χ2v) is 4.40. The van der Waals surface area contributed by atoms with Gasteiger partial charge in [-0.2, -0.15) is 13.2 Å². The van der Waals surface area contributed by atoms with Crippen LogP contribution in [0.3, 0.4) is 0 Å². The van der Waals surface area contributed by atoms with Crippen LogP contribution in [0.1, 0.15) is 18.4 Å². The van der Waals surface area contributed by atoms with Gasteiger partial charge in [-0.25, -0.2) is 0 Å². The molecule has 6 heteroatoms. The molecule has 0 spiro atoms. The van der Waals surface area contributed by atoms with Gasteiger partial charge in [0.25, 0.3) is 5.91 Å². The van der Waals surface area contributed by atoms with Gasteiger partial charge >= 0.3 is 6.18 Å². The van der Waals surface area contributed by atoms with Gasteiger partial charge in [0, 0.05) is 13.1 Å². The van der Waals surface area contributed by atoms with Crippen molar-refractivity contribution in [1.82, 2.24) is 4.90 Å². The summed E-state index contributed by atoms with van der Waals surface area (Å²) in [6.07, 6.45) is -2.37. The maximum atomic E-state index is 12.3. The van der Waals surface area contributed by atoms with Crippen molar-refractivity contribution in [2.75, 3.05) is 19.7 Å². The lowest BCUT2D eigenvalue weighted by atomic mass is 10.2. The van der Waals surface area contributed by atoms with Crippen LogP contribution in [0.15, 0.2) is 24.3 Å². The summed E-state index contributed by atoms with van der Waals surface area (Å²) < 4.78 is 42.2. The monoisotopic (exact) mass is 273 g/mol. The van der Waals surface area contributed by atoms with Crippen molar-refractivity contribution in [1.29, 1.82) is 0 Å². The minimum Gasteiger partial charge on any atom is -0.484 e. The number of carbonyl (C=O) groups excluding carboxylic acids is 1. The van der Waals surface area contributed by atoms with Crippen LogP contribution < -0.4 is 4.74 Å². The third-order valence-electron chi connectivity index (χ3n) is 3.00. The Balaban J connectivity index is 1.87. The molecule has 3 nitrogen and oxygen atoms in total. The van der Waals surface area contributed by atoms with E-state index in [-0.39, 0.29) is 18.3 Å². The summed E-state index contributed by atoms with van der Waals surface area (Å²) in [7, 11) is 0. The van der Waals surface area contributed by atoms with Gasteiger partial charge in [-0.1, -0.05) is 0 Å². The molecule has 1 fully saturated rings. The van der Waals surface area contributed by atoms with Crippen molar-refractivity contribution in [3.05, 3.63) is 29.8 Å². The SMILES string of the molecule is O=C(COc1ccc(C(F)(F)F)cc1)N1CCCC1. The third-order valence-corrected chi connectivity index (χ3v) is 3.00. The number of amides is 1. The van der Waals surface area contributed by atoms with E-state index in [0.717, 1.165) is 38.1 Å². The zero-order chi connectivity index (χ0) is 13.9. The first-order valence-electron chi connectivity index (χ1n) is 6.04. The van der Waals surface area contributed by atoms with Gasteiger partial charge in [0.1, 0.15) is 5.75 Å². The van der Waals surface area contributed by atoms with Crippen molar-refractivity contribution >= 4 is 5.91 Å². The first kappa shape index (κ1) is 13.7. The fourth-order valence-corrected chi connectivity index (χ4v) is 1.94. The van der Waals surface area contributed by atoms with Gasteiger partial charge in [-0.05, 0) is 37.1 Å². The van der Waals surface area contributed by atoms with Gasteiger partial charge < -0.3 is 9.64 Å². The largest absolute Gasteiger partial charge is 0.484 e. The van der Waals surface area contributed by atoms with Gasteiger partial charge in [-0.15, -0.1) is 0 Å². The number of hydrogen-bond acceptors (Lipinski definition) is 2. The van der Waals surface area contributed by atoms with Crippen LogP contribution in [-0.2, 0) is 11.0 Å². The number of alkyl halides is 3. The normalized spacial score (nSPS) is 15.6. The number of likely N-dealkylation sites (tertiary alicyclic amines) is 1. The summed E-state index contributed by atoms with van der Waals surface area (Å²) in [5, 5.41) is 0. The van der Waals surface area contributed by atoms with Crippen LogP contribution in [0.5, 0.6) is 5.75 Å². The Morgan fingerprint density at radius 3 is 2.26 bits per heavy atom. The summed E-state index contributed by atoms with van der Waals surface area (Å²) in [6, 6.07) is 4.32. The first-order valence-corrected chi connectivity index (χ1v) is 6.04. The van der Waals surface area contributed by atoms with Crippen molar-refractivity contribution in [2.45, 2.75) is 19.0 Å². The fourth-order valence-electron chi connectivity index (χ4n) is 1.94. The molecule has 104 valence electrons. The van der Waals surface area contributed by atoms with E-state index in [4.69, 9.17) is 4.74 Å². The van der Waals surface area contributed by atoms with E-state index < -0.39 is 11.7 Å². The molecule has 1 heterocycles. The Labute approximate surface area is 109 Å². The van der Waals surface area contributed by atoms with Crippen LogP contribution in [0, 0.1) is 0 Å².